The van der Waals surface area contributed by atoms with Gasteiger partial charge >= 0.3 is 12.1 Å². The molecular formula is C64H70F2N12O7S. The summed E-state index contributed by atoms with van der Waals surface area (Å²) in [6, 6.07) is 17.3. The number of aliphatic hydroxyl groups is 1. The fraction of sp³-hybridized carbons (Fsp3) is 0.469. The minimum Gasteiger partial charge on any atom is -0.461 e. The molecule has 6 saturated heterocycles. The Bertz CT molecular complexity index is 3760. The Morgan fingerprint density at radius 3 is 2.49 bits per heavy atom. The van der Waals surface area contributed by atoms with Crippen LogP contribution in [0.15, 0.2) is 76.9 Å². The van der Waals surface area contributed by atoms with E-state index in [0.29, 0.717) is 78.4 Å². The SMILES string of the molecule is C#Cc1c(F)ccc2cccc(-c3ncc4c(N5CC6CCC(C5)N6)nc(OC[C@]56CCCN5[C@@H](COC(=O)N5CCN(c7cc([C@H](C(=O)N8C[C@H](O)C[C@H]8C(=O)N[C@@H](C)c8ccc(-c9scnc9C)cc8)C(C)C)on7)CC5)CC6)nc4c3F)c12. The van der Waals surface area contributed by atoms with Crippen molar-refractivity contribution in [2.24, 2.45) is 5.92 Å². The molecule has 6 aliphatic rings. The van der Waals surface area contributed by atoms with E-state index in [2.05, 4.69) is 41.5 Å². The smallest absolute Gasteiger partial charge is 0.409 e. The molecule has 6 fully saturated rings. The summed E-state index contributed by atoms with van der Waals surface area (Å²) < 4.78 is 51.0. The van der Waals surface area contributed by atoms with Gasteiger partial charge in [-0.15, -0.1) is 17.8 Å². The van der Waals surface area contributed by atoms with Gasteiger partial charge in [-0.3, -0.25) is 19.5 Å². The van der Waals surface area contributed by atoms with Gasteiger partial charge in [-0.2, -0.15) is 9.97 Å². The lowest BCUT2D eigenvalue weighted by Crippen LogP contribution is -2.51. The summed E-state index contributed by atoms with van der Waals surface area (Å²) in [5.74, 6) is 1.01. The molecule has 3 N–H and O–H groups in total. The normalized spacial score (nSPS) is 23.7. The van der Waals surface area contributed by atoms with Crippen LogP contribution in [-0.2, 0) is 14.3 Å². The summed E-state index contributed by atoms with van der Waals surface area (Å²) in [5.41, 5.74) is 4.82. The molecule has 448 valence electrons. The van der Waals surface area contributed by atoms with Crippen molar-refractivity contribution < 1.29 is 42.3 Å². The molecule has 3 aromatic carbocycles. The quantitative estimate of drug-likeness (QED) is 0.0824. The highest BCUT2D eigenvalue weighted by Gasteiger charge is 2.51. The average molecular weight is 1190 g/mol. The fourth-order valence-electron chi connectivity index (χ4n) is 14.2. The molecule has 13 rings (SSSR count). The number of aromatic nitrogens is 5. The van der Waals surface area contributed by atoms with Crippen molar-refractivity contribution in [2.75, 3.05) is 75.4 Å². The number of pyridine rings is 1. The zero-order chi connectivity index (χ0) is 59.5. The second kappa shape index (κ2) is 23.4. The molecule has 0 spiro atoms. The molecule has 0 radical (unpaired) electrons. The Kier molecular flexibility index (Phi) is 15.6. The van der Waals surface area contributed by atoms with Crippen molar-refractivity contribution in [2.45, 2.75) is 120 Å². The number of benzene rings is 3. The first kappa shape index (κ1) is 57.2. The van der Waals surface area contributed by atoms with Crippen molar-refractivity contribution in [3.05, 3.63) is 107 Å². The maximum Gasteiger partial charge on any atom is 0.409 e. The largest absolute Gasteiger partial charge is 0.461 e. The minimum absolute atomic E-state index is 0.00215. The number of aryl methyl sites for hydroxylation is 1. The Balaban J connectivity index is 0.634. The van der Waals surface area contributed by atoms with E-state index < -0.39 is 35.8 Å². The molecule has 3 amide bonds. The third kappa shape index (κ3) is 10.7. The number of piperazine rings is 2. The molecule has 0 saturated carbocycles. The molecule has 22 heteroatoms. The number of ether oxygens (including phenoxy) is 2. The van der Waals surface area contributed by atoms with E-state index in [1.165, 1.54) is 11.0 Å². The molecular weight excluding hydrogens is 1120 g/mol. The number of amides is 3. The van der Waals surface area contributed by atoms with Crippen molar-refractivity contribution in [3.63, 3.8) is 0 Å². The topological polar surface area (TPSA) is 208 Å². The van der Waals surface area contributed by atoms with Crippen LogP contribution in [-0.4, -0.2) is 164 Å². The van der Waals surface area contributed by atoms with Gasteiger partial charge in [0.2, 0.25) is 11.8 Å². The zero-order valence-electron chi connectivity index (χ0n) is 48.7. The van der Waals surface area contributed by atoms with Crippen molar-refractivity contribution in [3.8, 4) is 40.1 Å². The van der Waals surface area contributed by atoms with E-state index >= 15 is 8.78 Å². The first-order chi connectivity index (χ1) is 41.6. The average Bonchev–Trinajstić information content (AvgIpc) is 1.70. The molecule has 2 bridgehead atoms. The van der Waals surface area contributed by atoms with Gasteiger partial charge in [-0.25, -0.2) is 18.6 Å². The highest BCUT2D eigenvalue weighted by molar-refractivity contribution is 7.13. The molecule has 7 aromatic rings. The summed E-state index contributed by atoms with van der Waals surface area (Å²) in [6.45, 7) is 12.0. The van der Waals surface area contributed by atoms with Crippen molar-refractivity contribution in [1.29, 1.82) is 0 Å². The van der Waals surface area contributed by atoms with Crippen LogP contribution in [0.25, 0.3) is 43.4 Å². The van der Waals surface area contributed by atoms with Crippen LogP contribution in [0.2, 0.25) is 0 Å². The Morgan fingerprint density at radius 2 is 1.74 bits per heavy atom. The van der Waals surface area contributed by atoms with E-state index in [-0.39, 0.29) is 96.4 Å². The Labute approximate surface area is 501 Å². The lowest BCUT2D eigenvalue weighted by Gasteiger charge is -2.36. The molecule has 4 aromatic heterocycles. The molecule has 6 aliphatic heterocycles. The minimum atomic E-state index is -0.871. The molecule has 0 aliphatic carbocycles. The lowest BCUT2D eigenvalue weighted by molar-refractivity contribution is -0.141. The lowest BCUT2D eigenvalue weighted by atomic mass is 9.91. The van der Waals surface area contributed by atoms with Crippen LogP contribution < -0.4 is 25.2 Å². The third-order valence-corrected chi connectivity index (χ3v) is 19.7. The summed E-state index contributed by atoms with van der Waals surface area (Å²) in [4.78, 5) is 71.7. The molecule has 19 nitrogen and oxygen atoms in total. The zero-order valence-corrected chi connectivity index (χ0v) is 49.5. The van der Waals surface area contributed by atoms with E-state index in [1.54, 1.807) is 52.8 Å². The fourth-order valence-corrected chi connectivity index (χ4v) is 15.0. The number of carbonyl (C=O) groups is 3. The maximum atomic E-state index is 17.3. The number of β-amino-alcohol motifs (C(OH)–C–C–N with tert-alkyl or cyclic N) is 1. The van der Waals surface area contributed by atoms with Crippen molar-refractivity contribution in [1.82, 2.24) is 50.4 Å². The van der Waals surface area contributed by atoms with Gasteiger partial charge in [-0.1, -0.05) is 73.5 Å². The molecule has 2 unspecified atom stereocenters. The van der Waals surface area contributed by atoms with Gasteiger partial charge in [0.05, 0.1) is 44.7 Å². The van der Waals surface area contributed by atoms with Crippen LogP contribution in [0.5, 0.6) is 6.01 Å². The Morgan fingerprint density at radius 1 is 0.953 bits per heavy atom. The number of nitrogens with one attached hydrogen (secondary N) is 2. The number of likely N-dealkylation sites (tertiary alicyclic amines) is 1. The number of anilines is 2. The highest BCUT2D eigenvalue weighted by Crippen LogP contribution is 2.44. The van der Waals surface area contributed by atoms with Gasteiger partial charge < -0.3 is 49.3 Å². The first-order valence-corrected chi connectivity index (χ1v) is 30.9. The third-order valence-electron chi connectivity index (χ3n) is 18.7. The highest BCUT2D eigenvalue weighted by atomic mass is 32.1. The number of fused-ring (bicyclic) bond motifs is 5. The summed E-state index contributed by atoms with van der Waals surface area (Å²) in [7, 11) is 0. The predicted octanol–water partition coefficient (Wildman–Crippen LogP) is 8.38. The number of nitrogens with zero attached hydrogens (tertiary/aromatic N) is 10. The van der Waals surface area contributed by atoms with E-state index in [0.717, 1.165) is 66.8 Å². The van der Waals surface area contributed by atoms with Gasteiger partial charge in [0.25, 0.3) is 0 Å². The number of carbonyl (C=O) groups excluding carboxylic acids is 3. The van der Waals surface area contributed by atoms with Gasteiger partial charge in [-0.05, 0) is 87.4 Å². The van der Waals surface area contributed by atoms with Gasteiger partial charge in [0.15, 0.2) is 17.4 Å². The monoisotopic (exact) mass is 1190 g/mol. The second-order valence-corrected chi connectivity index (χ2v) is 25.3. The van der Waals surface area contributed by atoms with Crippen LogP contribution in [0.3, 0.4) is 0 Å². The van der Waals surface area contributed by atoms with E-state index in [4.69, 9.17) is 30.4 Å². The summed E-state index contributed by atoms with van der Waals surface area (Å²) >= 11 is 1.58. The number of thiazole rings is 1. The van der Waals surface area contributed by atoms with Crippen LogP contribution >= 0.6 is 11.3 Å². The number of halogens is 2. The van der Waals surface area contributed by atoms with Crippen molar-refractivity contribution >= 4 is 62.6 Å². The van der Waals surface area contributed by atoms with Crippen LogP contribution in [0.4, 0.5) is 25.2 Å². The standard InChI is InChI=1S/C64H70F2N12O7S/c1-6-46-49(65)18-15-40-9-7-10-47(54(40)46)56-55(66)57-48(29-67-56)59(76-30-42-16-17-43(31-76)70-42)72-62(71-57)84-34-64-20-8-22-78(64)44(19-21-64)33-83-63(82)75-25-23-74(24-26-75)52-28-51(85-73-52)53(36(2)3)61(81)77-32-45(79)27-50(77)60(80)69-37(4)39-11-13-41(14-12-39)58-38(5)68-35-86-58/h1,7,9-15,18,28-29,35-37,42-45,50,53,70,79H,8,16-17,19-27,30-34H2,2-5H3,(H,69,80)/t37-,42?,43?,44+,45+,50-,53+,64+/m0/s1. The summed E-state index contributed by atoms with van der Waals surface area (Å²) in [5, 5.41) is 23.5. The number of rotatable bonds is 15. The number of hydrogen-bond acceptors (Lipinski definition) is 17. The maximum absolute atomic E-state index is 17.3. The van der Waals surface area contributed by atoms with E-state index in [1.807, 2.05) is 62.4 Å². The number of terminal acetylenes is 1. The first-order valence-electron chi connectivity index (χ1n) is 30.0. The van der Waals surface area contributed by atoms with Crippen LogP contribution in [0.1, 0.15) is 100 Å². The number of hydrogen-bond donors (Lipinski definition) is 3. The van der Waals surface area contributed by atoms with Gasteiger partial charge in [0, 0.05) is 93.6 Å². The van der Waals surface area contributed by atoms with Gasteiger partial charge in [0.1, 0.15) is 48.0 Å². The molecule has 86 heavy (non-hydrogen) atoms. The predicted molar refractivity (Wildman–Crippen MR) is 322 cm³/mol. The number of aliphatic hydroxyl groups excluding tert-OH is 1. The van der Waals surface area contributed by atoms with Crippen LogP contribution in [0, 0.1) is 36.8 Å². The molecule has 10 heterocycles. The Hall–Kier alpha value is -7.84. The molecule has 8 atom stereocenters. The van der Waals surface area contributed by atoms with E-state index in [9.17, 15) is 19.5 Å². The second-order valence-electron chi connectivity index (χ2n) is 24.4. The summed E-state index contributed by atoms with van der Waals surface area (Å²) in [6.07, 6.45) is 11.7.